The fourth-order valence-electron chi connectivity index (χ4n) is 2.29. The fourth-order valence-corrected chi connectivity index (χ4v) is 2.29. The number of hydrogen-bond acceptors (Lipinski definition) is 3. The molecule has 0 unspecified atom stereocenters. The Bertz CT molecular complexity index is 798. The van der Waals surface area contributed by atoms with E-state index in [0.29, 0.717) is 12.3 Å². The van der Waals surface area contributed by atoms with Crippen molar-refractivity contribution < 1.29 is 9.21 Å². The molecule has 5 heteroatoms. The second-order valence-electron chi connectivity index (χ2n) is 5.17. The van der Waals surface area contributed by atoms with Crippen molar-refractivity contribution in [3.63, 3.8) is 0 Å². The lowest BCUT2D eigenvalue weighted by molar-refractivity contribution is 0.251. The third kappa shape index (κ3) is 3.77. The normalized spacial score (nSPS) is 10.3. The molecule has 0 saturated carbocycles. The number of aryl methyl sites for hydroxylation is 1. The third-order valence-corrected chi connectivity index (χ3v) is 3.36. The Labute approximate surface area is 134 Å². The molecule has 0 aliphatic heterocycles. The van der Waals surface area contributed by atoms with Gasteiger partial charge in [0.05, 0.1) is 6.26 Å². The molecule has 0 spiro atoms. The number of benzene rings is 1. The van der Waals surface area contributed by atoms with Gasteiger partial charge in [0.25, 0.3) is 0 Å². The maximum absolute atomic E-state index is 12.0. The SMILES string of the molecule is Cc1cccc(NC(=O)NCc2cccnc2-c2ccco2)c1. The molecule has 0 fully saturated rings. The van der Waals surface area contributed by atoms with Gasteiger partial charge in [-0.25, -0.2) is 4.79 Å². The predicted octanol–water partition coefficient (Wildman–Crippen LogP) is 3.97. The highest BCUT2D eigenvalue weighted by molar-refractivity contribution is 5.89. The molecule has 0 aliphatic carbocycles. The minimum absolute atomic E-state index is 0.259. The van der Waals surface area contributed by atoms with Crippen molar-refractivity contribution in [1.82, 2.24) is 10.3 Å². The third-order valence-electron chi connectivity index (χ3n) is 3.36. The van der Waals surface area contributed by atoms with E-state index in [4.69, 9.17) is 4.42 Å². The van der Waals surface area contributed by atoms with Crippen molar-refractivity contribution >= 4 is 11.7 Å². The summed E-state index contributed by atoms with van der Waals surface area (Å²) in [6.45, 7) is 2.34. The van der Waals surface area contributed by atoms with Gasteiger partial charge in [-0.05, 0) is 42.8 Å². The van der Waals surface area contributed by atoms with Crippen molar-refractivity contribution in [2.24, 2.45) is 0 Å². The molecule has 0 atom stereocenters. The molecule has 0 aliphatic rings. The molecule has 23 heavy (non-hydrogen) atoms. The summed E-state index contributed by atoms with van der Waals surface area (Å²) in [5.74, 6) is 0.682. The Balaban J connectivity index is 1.66. The molecule has 0 radical (unpaired) electrons. The smallest absolute Gasteiger partial charge is 0.319 e. The van der Waals surface area contributed by atoms with E-state index in [2.05, 4.69) is 15.6 Å². The number of amides is 2. The highest BCUT2D eigenvalue weighted by atomic mass is 16.3. The van der Waals surface area contributed by atoms with E-state index in [1.165, 1.54) is 0 Å². The fraction of sp³-hybridized carbons (Fsp3) is 0.111. The van der Waals surface area contributed by atoms with Crippen LogP contribution < -0.4 is 10.6 Å². The minimum atomic E-state index is -0.259. The van der Waals surface area contributed by atoms with Crippen LogP contribution in [-0.4, -0.2) is 11.0 Å². The summed E-state index contributed by atoms with van der Waals surface area (Å²) in [6, 6.07) is 14.8. The summed E-state index contributed by atoms with van der Waals surface area (Å²) in [5, 5.41) is 5.65. The van der Waals surface area contributed by atoms with Gasteiger partial charge < -0.3 is 15.1 Å². The first kappa shape index (κ1) is 14.8. The van der Waals surface area contributed by atoms with E-state index in [1.807, 2.05) is 55.5 Å². The number of anilines is 1. The van der Waals surface area contributed by atoms with Gasteiger partial charge >= 0.3 is 6.03 Å². The van der Waals surface area contributed by atoms with Gasteiger partial charge in [-0.2, -0.15) is 0 Å². The average Bonchev–Trinajstić information content (AvgIpc) is 3.07. The second-order valence-corrected chi connectivity index (χ2v) is 5.17. The number of nitrogens with one attached hydrogen (secondary N) is 2. The topological polar surface area (TPSA) is 67.2 Å². The van der Waals surface area contributed by atoms with E-state index in [-0.39, 0.29) is 6.03 Å². The summed E-state index contributed by atoms with van der Waals surface area (Å²) in [5.41, 5.74) is 3.48. The van der Waals surface area contributed by atoms with Gasteiger partial charge in [-0.1, -0.05) is 18.2 Å². The molecular formula is C18H17N3O2. The number of rotatable bonds is 4. The van der Waals surface area contributed by atoms with Crippen LogP contribution in [0.4, 0.5) is 10.5 Å². The molecule has 0 saturated heterocycles. The molecule has 2 heterocycles. The largest absolute Gasteiger partial charge is 0.463 e. The molecule has 2 aromatic heterocycles. The van der Waals surface area contributed by atoms with Gasteiger partial charge in [-0.15, -0.1) is 0 Å². The number of carbonyl (C=O) groups excluding carboxylic acids is 1. The maximum Gasteiger partial charge on any atom is 0.319 e. The van der Waals surface area contributed by atoms with Crippen molar-refractivity contribution in [3.05, 3.63) is 72.1 Å². The number of aromatic nitrogens is 1. The first-order chi connectivity index (χ1) is 11.2. The van der Waals surface area contributed by atoms with Gasteiger partial charge in [0.1, 0.15) is 5.69 Å². The van der Waals surface area contributed by atoms with Gasteiger partial charge in [0.2, 0.25) is 0 Å². The minimum Gasteiger partial charge on any atom is -0.463 e. The van der Waals surface area contributed by atoms with Crippen LogP contribution in [0.1, 0.15) is 11.1 Å². The lowest BCUT2D eigenvalue weighted by Gasteiger charge is -2.10. The van der Waals surface area contributed by atoms with Crippen molar-refractivity contribution in [2.75, 3.05) is 5.32 Å². The zero-order valence-corrected chi connectivity index (χ0v) is 12.7. The highest BCUT2D eigenvalue weighted by Crippen LogP contribution is 2.21. The van der Waals surface area contributed by atoms with E-state index in [0.717, 1.165) is 22.5 Å². The highest BCUT2D eigenvalue weighted by Gasteiger charge is 2.10. The summed E-state index contributed by atoms with van der Waals surface area (Å²) in [4.78, 5) is 16.4. The molecule has 2 N–H and O–H groups in total. The van der Waals surface area contributed by atoms with Crippen molar-refractivity contribution in [1.29, 1.82) is 0 Å². The van der Waals surface area contributed by atoms with Crippen molar-refractivity contribution in [2.45, 2.75) is 13.5 Å². The Morgan fingerprint density at radius 2 is 2.09 bits per heavy atom. The summed E-state index contributed by atoms with van der Waals surface area (Å²) < 4.78 is 5.39. The van der Waals surface area contributed by atoms with Crippen LogP contribution in [0.3, 0.4) is 0 Å². The van der Waals surface area contributed by atoms with Crippen LogP contribution in [-0.2, 0) is 6.54 Å². The monoisotopic (exact) mass is 307 g/mol. The Hall–Kier alpha value is -3.08. The predicted molar refractivity (Wildman–Crippen MR) is 89.0 cm³/mol. The van der Waals surface area contributed by atoms with E-state index < -0.39 is 0 Å². The number of nitrogens with zero attached hydrogens (tertiary/aromatic N) is 1. The van der Waals surface area contributed by atoms with Crippen LogP contribution >= 0.6 is 0 Å². The summed E-state index contributed by atoms with van der Waals surface area (Å²) in [6.07, 6.45) is 3.31. The van der Waals surface area contributed by atoms with Crippen LogP contribution in [0.2, 0.25) is 0 Å². The lowest BCUT2D eigenvalue weighted by Crippen LogP contribution is -2.28. The van der Waals surface area contributed by atoms with Crippen molar-refractivity contribution in [3.8, 4) is 11.5 Å². The summed E-state index contributed by atoms with van der Waals surface area (Å²) >= 11 is 0. The van der Waals surface area contributed by atoms with Crippen LogP contribution in [0, 0.1) is 6.92 Å². The first-order valence-electron chi connectivity index (χ1n) is 7.31. The average molecular weight is 307 g/mol. The molecule has 2 amide bonds. The van der Waals surface area contributed by atoms with E-state index in [1.54, 1.807) is 12.5 Å². The van der Waals surface area contributed by atoms with Crippen LogP contribution in [0.25, 0.3) is 11.5 Å². The van der Waals surface area contributed by atoms with Gasteiger partial charge in [-0.3, -0.25) is 4.98 Å². The molecular weight excluding hydrogens is 290 g/mol. The number of carbonyl (C=O) groups is 1. The Morgan fingerprint density at radius 3 is 2.87 bits per heavy atom. The van der Waals surface area contributed by atoms with E-state index >= 15 is 0 Å². The summed E-state index contributed by atoms with van der Waals surface area (Å²) in [7, 11) is 0. The second kappa shape index (κ2) is 6.79. The number of hydrogen-bond donors (Lipinski definition) is 2. The van der Waals surface area contributed by atoms with Crippen LogP contribution in [0.5, 0.6) is 0 Å². The molecule has 5 nitrogen and oxygen atoms in total. The Kier molecular flexibility index (Phi) is 4.38. The van der Waals surface area contributed by atoms with Gasteiger partial charge in [0, 0.05) is 24.0 Å². The van der Waals surface area contributed by atoms with Crippen LogP contribution in [0.15, 0.2) is 65.4 Å². The zero-order valence-electron chi connectivity index (χ0n) is 12.7. The quantitative estimate of drug-likeness (QED) is 0.766. The lowest BCUT2D eigenvalue weighted by atomic mass is 10.1. The standard InChI is InChI=1S/C18H17N3O2/c1-13-5-2-7-15(11-13)21-18(22)20-12-14-6-3-9-19-17(14)16-8-4-10-23-16/h2-11H,12H2,1H3,(H2,20,21,22). The maximum atomic E-state index is 12.0. The van der Waals surface area contributed by atoms with E-state index in [9.17, 15) is 4.79 Å². The number of furan rings is 1. The first-order valence-corrected chi connectivity index (χ1v) is 7.31. The molecule has 3 rings (SSSR count). The molecule has 0 bridgehead atoms. The molecule has 1 aromatic carbocycles. The molecule has 3 aromatic rings. The van der Waals surface area contributed by atoms with Gasteiger partial charge in [0.15, 0.2) is 5.76 Å². The molecule has 116 valence electrons. The Morgan fingerprint density at radius 1 is 1.17 bits per heavy atom. The number of urea groups is 1. The zero-order chi connectivity index (χ0) is 16.1. The number of pyridine rings is 1.